The molecule has 3 atom stereocenters. The number of nitrogens with one attached hydrogen (secondary N) is 3. The van der Waals surface area contributed by atoms with E-state index in [1.165, 1.54) is 18.2 Å². The van der Waals surface area contributed by atoms with Crippen molar-refractivity contribution in [1.82, 2.24) is 40.2 Å². The van der Waals surface area contributed by atoms with Crippen molar-refractivity contribution in [1.29, 1.82) is 0 Å². The Morgan fingerprint density at radius 2 is 0.687 bits per heavy atom. The molecule has 0 saturated carbocycles. The zero-order valence-electron chi connectivity index (χ0n) is 73.3. The van der Waals surface area contributed by atoms with E-state index >= 15 is 0 Å². The van der Waals surface area contributed by atoms with Crippen LogP contribution in [0.2, 0.25) is 30.1 Å². The molecule has 2 saturated heterocycles. The number of imide groups is 2. The van der Waals surface area contributed by atoms with Gasteiger partial charge in [0.2, 0.25) is 10.0 Å². The molecule has 0 spiro atoms. The Hall–Kier alpha value is -7.97. The summed E-state index contributed by atoms with van der Waals surface area (Å²) in [5, 5.41) is 9.95. The molecular formula is C92H101Br2Cl6N9O22S3. The molecule has 5 aliphatic rings. The molecule has 8 aromatic carbocycles. The Morgan fingerprint density at radius 3 is 1.02 bits per heavy atom. The maximum Gasteiger partial charge on any atom is 0.363 e. The van der Waals surface area contributed by atoms with Gasteiger partial charge in [-0.2, -0.15) is 0 Å². The largest absolute Gasteiger partial charge is 0.379 e. The van der Waals surface area contributed by atoms with E-state index in [1.807, 2.05) is 75.7 Å². The van der Waals surface area contributed by atoms with Crippen molar-refractivity contribution in [3.63, 3.8) is 0 Å². The quantitative estimate of drug-likeness (QED) is 0.0204. The molecular weight excluding hydrogens is 2050 g/mol. The molecule has 5 aliphatic heterocycles. The SMILES string of the molecule is CN1Cc2c(Cl)cc(Cl)cc2C(c2ccc(S(=O)(=O)CCCOCCOCCN)cc2)C1.CN1Cc2c(Cl)cc(Cl)cc2C(c2ccc(S(=O)(=O)CCCOCCOCCNC(=O)c3cc(Br)cc(C(=O)NCCOCCOCCNS(=O)(=O)c4ccc(C5CN(C)Cc6c(Cl)cc(Cl)cc65)cc4)c3)cc2)C1.O=C(ON1C(=O)CCC1=O)c1cc(Br)cc(C(=O)ON2C(=O)CCC2=O)c1. The first kappa shape index (κ1) is 106. The minimum atomic E-state index is -3.77. The highest BCUT2D eigenvalue weighted by Crippen LogP contribution is 2.43. The lowest BCUT2D eigenvalue weighted by atomic mass is 9.85. The van der Waals surface area contributed by atoms with Gasteiger partial charge >= 0.3 is 11.9 Å². The highest BCUT2D eigenvalue weighted by molar-refractivity contribution is 9.10. The number of sulfone groups is 2. The number of carbonyl (C=O) groups excluding carboxylic acids is 8. The summed E-state index contributed by atoms with van der Waals surface area (Å²) in [6.07, 6.45) is 0.521. The molecule has 8 aromatic rings. The Labute approximate surface area is 824 Å². The number of sulfonamides is 1. The number of ether oxygens (including phenoxy) is 6. The molecule has 0 aliphatic carbocycles. The third kappa shape index (κ3) is 30.3. The third-order valence-electron chi connectivity index (χ3n) is 21.9. The van der Waals surface area contributed by atoms with Gasteiger partial charge in [0, 0.05) is 172 Å². The standard InChI is InChI=1S/C53H60BrCl4N5O10S2.C23H30Cl2N2O4S.C16H11BrN2O8/c1-62-31-46(44-27-40(55)29-50(57)48(44)33-62)35-4-8-42(9-5-35)74(66,67)23-3-15-70-19-20-71-16-12-59-52(64)37-24-38(26-39(54)25-37)53(65)60-13-17-72-21-22-73-18-14-61-75(68,69)43-10-6-36(7-11-43)47-32-63(2)34-49-45(47)28-41(56)30-51(49)58;1-27-15-21(20-13-18(24)14-23(25)22(20)16-27)17-3-5-19(6-4-17)32(28,29)12-2-8-30-10-11-31-9-7-26;17-10-6-8(15(24)26-18-11(20)1-2-12(18)21)5-9(7-10)16(25)27-19-13(22)3-4-14(19)23/h4-11,24-30,46-47,61H,3,12-23,31-34H2,1-2H3,(H,59,64)(H,60,65);3-6,13-14,21H,2,7-12,15-16,26H2,1H3;5-7H,1-4H2. The topological polar surface area (TPSA) is 391 Å². The van der Waals surface area contributed by atoms with Crippen LogP contribution >= 0.6 is 101 Å². The summed E-state index contributed by atoms with van der Waals surface area (Å²) in [6.45, 7) is 8.93. The van der Waals surface area contributed by atoms with Crippen LogP contribution in [-0.2, 0) is 107 Å². The van der Waals surface area contributed by atoms with Crippen molar-refractivity contribution in [2.24, 2.45) is 5.73 Å². The van der Waals surface area contributed by atoms with E-state index in [4.69, 9.17) is 113 Å². The lowest BCUT2D eigenvalue weighted by molar-refractivity contribution is -0.173. The van der Waals surface area contributed by atoms with Crippen LogP contribution in [0.3, 0.4) is 0 Å². The number of fused-ring (bicyclic) bond motifs is 3. The predicted octanol–water partition coefficient (Wildman–Crippen LogP) is 13.2. The lowest BCUT2D eigenvalue weighted by Gasteiger charge is -2.33. The van der Waals surface area contributed by atoms with Crippen LogP contribution in [0.1, 0.15) is 148 Å². The number of nitrogens with zero attached hydrogens (tertiary/aromatic N) is 5. The van der Waals surface area contributed by atoms with Gasteiger partial charge in [0.15, 0.2) is 19.7 Å². The molecule has 31 nitrogen and oxygen atoms in total. The van der Waals surface area contributed by atoms with E-state index in [9.17, 15) is 63.6 Å². The van der Waals surface area contributed by atoms with E-state index < -0.39 is 71.2 Å². The fraction of sp³-hybridized carbons (Fsp3) is 0.391. The van der Waals surface area contributed by atoms with Gasteiger partial charge in [-0.15, -0.1) is 10.1 Å². The third-order valence-corrected chi connectivity index (χ3v) is 29.6. The summed E-state index contributed by atoms with van der Waals surface area (Å²) in [6, 6.07) is 40.5. The van der Waals surface area contributed by atoms with E-state index in [0.29, 0.717) is 113 Å². The van der Waals surface area contributed by atoms with Crippen LogP contribution < -0.4 is 21.1 Å². The van der Waals surface area contributed by atoms with Crippen molar-refractivity contribution in [2.75, 3.05) is 158 Å². The first-order valence-electron chi connectivity index (χ1n) is 42.7. The maximum atomic E-state index is 13.1. The summed E-state index contributed by atoms with van der Waals surface area (Å²) < 4.78 is 114. The van der Waals surface area contributed by atoms with Gasteiger partial charge in [0.1, 0.15) is 0 Å². The summed E-state index contributed by atoms with van der Waals surface area (Å²) in [4.78, 5) is 113. The first-order valence-corrected chi connectivity index (χ1v) is 51.3. The van der Waals surface area contributed by atoms with Gasteiger partial charge in [-0.3, -0.25) is 28.8 Å². The van der Waals surface area contributed by atoms with Gasteiger partial charge in [-0.1, -0.05) is 138 Å². The summed E-state index contributed by atoms with van der Waals surface area (Å²) in [7, 11) is -4.58. The number of hydrogen-bond acceptors (Lipinski definition) is 26. The molecule has 5 N–H and O–H groups in total. The number of halogens is 8. The van der Waals surface area contributed by atoms with Crippen LogP contribution in [0.15, 0.2) is 169 Å². The number of hydroxylamine groups is 4. The zero-order chi connectivity index (χ0) is 96.6. The number of benzene rings is 8. The van der Waals surface area contributed by atoms with Gasteiger partial charge in [0.05, 0.1) is 103 Å². The van der Waals surface area contributed by atoms with Gasteiger partial charge in [-0.05, 0) is 193 Å². The molecule has 13 rings (SSSR count). The number of rotatable bonds is 41. The van der Waals surface area contributed by atoms with Crippen LogP contribution in [0.25, 0.3) is 0 Å². The number of amides is 6. The zero-order valence-corrected chi connectivity index (χ0v) is 83.5. The van der Waals surface area contributed by atoms with Crippen LogP contribution in [0.4, 0.5) is 0 Å². The van der Waals surface area contributed by atoms with Gasteiger partial charge in [0.25, 0.3) is 35.4 Å². The Kier molecular flexibility index (Phi) is 40.2. The molecule has 5 heterocycles. The summed E-state index contributed by atoms with van der Waals surface area (Å²) in [5.41, 5.74) is 14.9. The van der Waals surface area contributed by atoms with Crippen LogP contribution in [0.5, 0.6) is 0 Å². The highest BCUT2D eigenvalue weighted by atomic mass is 79.9. The summed E-state index contributed by atoms with van der Waals surface area (Å²) >= 11 is 44.9. The van der Waals surface area contributed by atoms with Crippen LogP contribution in [-0.4, -0.2) is 255 Å². The molecule has 2 fully saturated rings. The molecule has 0 aromatic heterocycles. The van der Waals surface area contributed by atoms with Crippen molar-refractivity contribution in [3.05, 3.63) is 257 Å². The fourth-order valence-electron chi connectivity index (χ4n) is 15.3. The summed E-state index contributed by atoms with van der Waals surface area (Å²) in [5.74, 6) is -5.39. The number of nitrogens with two attached hydrogens (primary N) is 1. The van der Waals surface area contributed by atoms with Gasteiger partial charge < -0.3 is 69.2 Å². The van der Waals surface area contributed by atoms with Crippen molar-refractivity contribution < 1.29 is 102 Å². The molecule has 3 unspecified atom stereocenters. The van der Waals surface area contributed by atoms with E-state index in [0.717, 1.165) is 82.3 Å². The minimum Gasteiger partial charge on any atom is -0.379 e. The van der Waals surface area contributed by atoms with Crippen LogP contribution in [0, 0.1) is 0 Å². The average Bonchev–Trinajstić information content (AvgIpc) is 1.73. The second-order valence-electron chi connectivity index (χ2n) is 31.9. The predicted molar refractivity (Wildman–Crippen MR) is 512 cm³/mol. The lowest BCUT2D eigenvalue weighted by Crippen LogP contribution is -2.32. The second kappa shape index (κ2) is 50.6. The number of carbonyl (C=O) groups is 8. The Bertz CT molecular complexity index is 5630. The highest BCUT2D eigenvalue weighted by Gasteiger charge is 2.37. The van der Waals surface area contributed by atoms with E-state index in [1.54, 1.807) is 66.7 Å². The molecule has 0 bridgehead atoms. The number of hydrogen-bond donors (Lipinski definition) is 4. The minimum absolute atomic E-state index is 0.00899. The monoisotopic (exact) mass is 2150 g/mol. The van der Waals surface area contributed by atoms with E-state index in [2.05, 4.69) is 61.9 Å². The molecule has 0 radical (unpaired) electrons. The van der Waals surface area contributed by atoms with E-state index in [-0.39, 0.29) is 165 Å². The molecule has 134 heavy (non-hydrogen) atoms. The van der Waals surface area contributed by atoms with Crippen molar-refractivity contribution >= 4 is 179 Å². The smallest absolute Gasteiger partial charge is 0.363 e. The molecule has 42 heteroatoms. The normalized spacial score (nSPS) is 16.4. The van der Waals surface area contributed by atoms with Crippen molar-refractivity contribution in [3.8, 4) is 0 Å². The fourth-order valence-corrected chi connectivity index (χ4v) is 21.6. The molecule has 6 amide bonds. The first-order chi connectivity index (χ1) is 63.9. The van der Waals surface area contributed by atoms with Crippen molar-refractivity contribution in [2.45, 2.75) is 90.6 Å². The second-order valence-corrected chi connectivity index (χ2v) is 42.3. The van der Waals surface area contributed by atoms with Gasteiger partial charge in [-0.25, -0.2) is 39.6 Å². The average molecular weight is 2150 g/mol. The molecule has 720 valence electrons. The maximum absolute atomic E-state index is 13.1. The Morgan fingerprint density at radius 1 is 0.388 bits per heavy atom. The number of likely N-dealkylation sites (N-methyl/N-ethyl adjacent to an activating group) is 3. The Balaban J connectivity index is 0.000000237.